The van der Waals surface area contributed by atoms with Crippen LogP contribution in [0.25, 0.3) is 11.3 Å². The third-order valence-electron chi connectivity index (χ3n) is 5.44. The second-order valence-electron chi connectivity index (χ2n) is 7.49. The van der Waals surface area contributed by atoms with E-state index in [1.165, 1.54) is 4.31 Å². The Kier molecular flexibility index (Phi) is 7.10. The first-order valence-corrected chi connectivity index (χ1v) is 12.5. The van der Waals surface area contributed by atoms with Crippen molar-refractivity contribution in [1.82, 2.24) is 14.3 Å². The zero-order valence-corrected chi connectivity index (χ0v) is 19.7. The molecule has 174 valence electrons. The van der Waals surface area contributed by atoms with Crippen molar-refractivity contribution in [2.45, 2.75) is 18.7 Å². The smallest absolute Gasteiger partial charge is 0.246 e. The summed E-state index contributed by atoms with van der Waals surface area (Å²) < 4.78 is 39.0. The molecule has 4 rings (SSSR count). The van der Waals surface area contributed by atoms with Gasteiger partial charge >= 0.3 is 0 Å². The van der Waals surface area contributed by atoms with E-state index in [9.17, 15) is 8.42 Å². The van der Waals surface area contributed by atoms with E-state index in [4.69, 9.17) is 9.47 Å². The summed E-state index contributed by atoms with van der Waals surface area (Å²) >= 11 is 0. The van der Waals surface area contributed by atoms with Gasteiger partial charge in [0, 0.05) is 37.8 Å². The van der Waals surface area contributed by atoms with E-state index in [2.05, 4.69) is 14.9 Å². The Morgan fingerprint density at radius 3 is 2.27 bits per heavy atom. The predicted molar refractivity (Wildman–Crippen MR) is 127 cm³/mol. The molecule has 8 nitrogen and oxygen atoms in total. The highest BCUT2D eigenvalue weighted by molar-refractivity contribution is 7.89. The predicted octanol–water partition coefficient (Wildman–Crippen LogP) is 3.45. The van der Waals surface area contributed by atoms with Crippen LogP contribution >= 0.6 is 0 Å². The quantitative estimate of drug-likeness (QED) is 0.501. The van der Waals surface area contributed by atoms with Gasteiger partial charge in [0.05, 0.1) is 18.9 Å². The molecule has 2 heterocycles. The Morgan fingerprint density at radius 2 is 1.58 bits per heavy atom. The average molecular weight is 469 g/mol. The first-order valence-electron chi connectivity index (χ1n) is 11.0. The normalized spacial score (nSPS) is 14.8. The molecular formula is C24H28N4O4S. The van der Waals surface area contributed by atoms with Crippen molar-refractivity contribution in [3.05, 3.63) is 60.9 Å². The van der Waals surface area contributed by atoms with Crippen LogP contribution in [-0.4, -0.2) is 62.1 Å². The number of hydrogen-bond acceptors (Lipinski definition) is 7. The van der Waals surface area contributed by atoms with Gasteiger partial charge in [-0.1, -0.05) is 12.1 Å². The first-order chi connectivity index (χ1) is 16.0. The van der Waals surface area contributed by atoms with Gasteiger partial charge in [0.1, 0.15) is 28.5 Å². The van der Waals surface area contributed by atoms with Crippen molar-refractivity contribution in [1.29, 1.82) is 0 Å². The summed E-state index contributed by atoms with van der Waals surface area (Å²) in [7, 11) is -3.64. The fraction of sp³-hybridized carbons (Fsp3) is 0.333. The Labute approximate surface area is 194 Å². The number of aromatic nitrogens is 2. The van der Waals surface area contributed by atoms with E-state index in [0.717, 1.165) is 22.8 Å². The molecule has 0 N–H and O–H groups in total. The summed E-state index contributed by atoms with van der Waals surface area (Å²) in [6.45, 7) is 6.63. The number of hydrogen-bond donors (Lipinski definition) is 0. The molecule has 33 heavy (non-hydrogen) atoms. The highest BCUT2D eigenvalue weighted by Crippen LogP contribution is 2.28. The van der Waals surface area contributed by atoms with Gasteiger partial charge in [-0.25, -0.2) is 18.4 Å². The molecule has 0 saturated carbocycles. The van der Waals surface area contributed by atoms with Gasteiger partial charge in [-0.15, -0.1) is 0 Å². The van der Waals surface area contributed by atoms with Crippen LogP contribution in [0, 0.1) is 0 Å². The molecule has 0 atom stereocenters. The molecule has 0 unspecified atom stereocenters. The second kappa shape index (κ2) is 10.2. The maximum atomic E-state index is 13.2. The lowest BCUT2D eigenvalue weighted by molar-refractivity contribution is 0.327. The fourth-order valence-corrected chi connectivity index (χ4v) is 5.36. The average Bonchev–Trinajstić information content (AvgIpc) is 2.85. The molecule has 0 spiro atoms. The van der Waals surface area contributed by atoms with Crippen LogP contribution in [0.15, 0.2) is 65.8 Å². The monoisotopic (exact) mass is 468 g/mol. The summed E-state index contributed by atoms with van der Waals surface area (Å²) in [4.78, 5) is 11.1. The lowest BCUT2D eigenvalue weighted by Crippen LogP contribution is -2.49. The van der Waals surface area contributed by atoms with Crippen LogP contribution in [-0.2, 0) is 10.0 Å². The SMILES string of the molecule is CCOc1ccc(-c2cc(N3CCN(S(=O)(=O)c4ccccc4OCC)CC3)ncn2)cc1. The molecule has 0 radical (unpaired) electrons. The van der Waals surface area contributed by atoms with Gasteiger partial charge in [0.2, 0.25) is 10.0 Å². The van der Waals surface area contributed by atoms with Crippen molar-refractivity contribution in [2.24, 2.45) is 0 Å². The lowest BCUT2D eigenvalue weighted by atomic mass is 10.1. The Bertz CT molecular complexity index is 1180. The molecule has 1 aliphatic rings. The molecule has 3 aromatic rings. The summed E-state index contributed by atoms with van der Waals surface area (Å²) in [6, 6.07) is 16.5. The molecule has 1 aromatic heterocycles. The molecule has 0 aliphatic carbocycles. The summed E-state index contributed by atoms with van der Waals surface area (Å²) in [5.74, 6) is 1.98. The Hall–Kier alpha value is -3.17. The van der Waals surface area contributed by atoms with Crippen LogP contribution in [0.3, 0.4) is 0 Å². The van der Waals surface area contributed by atoms with Gasteiger partial charge in [-0.3, -0.25) is 0 Å². The lowest BCUT2D eigenvalue weighted by Gasteiger charge is -2.34. The first kappa shape index (κ1) is 23.0. The maximum Gasteiger partial charge on any atom is 0.246 e. The van der Waals surface area contributed by atoms with Crippen LogP contribution in [0.4, 0.5) is 5.82 Å². The topological polar surface area (TPSA) is 84.9 Å². The molecule has 0 amide bonds. The van der Waals surface area contributed by atoms with Crippen molar-refractivity contribution in [2.75, 3.05) is 44.3 Å². The third kappa shape index (κ3) is 5.09. The zero-order chi connectivity index (χ0) is 23.3. The minimum absolute atomic E-state index is 0.208. The van der Waals surface area contributed by atoms with Gasteiger partial charge in [0.15, 0.2) is 0 Å². The van der Waals surface area contributed by atoms with Crippen molar-refractivity contribution < 1.29 is 17.9 Å². The molecule has 1 fully saturated rings. The zero-order valence-electron chi connectivity index (χ0n) is 18.8. The Balaban J connectivity index is 1.47. The number of nitrogens with zero attached hydrogens (tertiary/aromatic N) is 4. The number of benzene rings is 2. The van der Waals surface area contributed by atoms with E-state index < -0.39 is 10.0 Å². The van der Waals surface area contributed by atoms with Gasteiger partial charge in [0.25, 0.3) is 0 Å². The van der Waals surface area contributed by atoms with Crippen molar-refractivity contribution in [3.63, 3.8) is 0 Å². The minimum atomic E-state index is -3.64. The Morgan fingerprint density at radius 1 is 0.879 bits per heavy atom. The van der Waals surface area contributed by atoms with E-state index in [-0.39, 0.29) is 4.90 Å². The fourth-order valence-electron chi connectivity index (χ4n) is 3.80. The molecule has 0 bridgehead atoms. The molecule has 1 aliphatic heterocycles. The summed E-state index contributed by atoms with van der Waals surface area (Å²) in [5.41, 5.74) is 1.78. The minimum Gasteiger partial charge on any atom is -0.494 e. The molecule has 2 aromatic carbocycles. The van der Waals surface area contributed by atoms with E-state index >= 15 is 0 Å². The van der Waals surface area contributed by atoms with Crippen molar-refractivity contribution in [3.8, 4) is 22.8 Å². The largest absolute Gasteiger partial charge is 0.494 e. The van der Waals surface area contributed by atoms with Gasteiger partial charge in [-0.2, -0.15) is 4.31 Å². The van der Waals surface area contributed by atoms with E-state index in [1.807, 2.05) is 44.2 Å². The number of anilines is 1. The number of ether oxygens (including phenoxy) is 2. The molecule has 1 saturated heterocycles. The van der Waals surface area contributed by atoms with Gasteiger partial charge < -0.3 is 14.4 Å². The number of para-hydroxylation sites is 1. The standard InChI is InChI=1S/C24H28N4O4S/c1-3-31-20-11-9-19(10-12-20)21-17-24(26-18-25-21)27-13-15-28(16-14-27)33(29,30)23-8-6-5-7-22(23)32-4-2/h5-12,17-18H,3-4,13-16H2,1-2H3. The van der Waals surface area contributed by atoms with Crippen LogP contribution in [0.2, 0.25) is 0 Å². The highest BCUT2D eigenvalue weighted by atomic mass is 32.2. The number of piperazine rings is 1. The third-order valence-corrected chi connectivity index (χ3v) is 7.38. The summed E-state index contributed by atoms with van der Waals surface area (Å²) in [6.07, 6.45) is 1.54. The number of rotatable bonds is 8. The second-order valence-corrected chi connectivity index (χ2v) is 9.40. The maximum absolute atomic E-state index is 13.2. The van der Waals surface area contributed by atoms with Crippen LogP contribution in [0.1, 0.15) is 13.8 Å². The van der Waals surface area contributed by atoms with Crippen LogP contribution in [0.5, 0.6) is 11.5 Å². The number of sulfonamides is 1. The van der Waals surface area contributed by atoms with Crippen LogP contribution < -0.4 is 14.4 Å². The van der Waals surface area contributed by atoms with Crippen molar-refractivity contribution >= 4 is 15.8 Å². The van der Waals surface area contributed by atoms with E-state index in [0.29, 0.717) is 45.1 Å². The van der Waals surface area contributed by atoms with E-state index in [1.54, 1.807) is 30.6 Å². The molecular weight excluding hydrogens is 440 g/mol. The molecule has 9 heteroatoms. The van der Waals surface area contributed by atoms with Gasteiger partial charge in [-0.05, 0) is 50.2 Å². The summed E-state index contributed by atoms with van der Waals surface area (Å²) in [5, 5.41) is 0. The highest BCUT2D eigenvalue weighted by Gasteiger charge is 2.31.